The molecule has 1 fully saturated rings. The highest BCUT2D eigenvalue weighted by Gasteiger charge is 2.27. The van der Waals surface area contributed by atoms with Gasteiger partial charge in [0.25, 0.3) is 0 Å². The summed E-state index contributed by atoms with van der Waals surface area (Å²) in [7, 11) is 1.98. The predicted octanol–water partition coefficient (Wildman–Crippen LogP) is 3.66. The normalized spacial score (nSPS) is 18.9. The zero-order valence-electron chi connectivity index (χ0n) is 15.2. The lowest BCUT2D eigenvalue weighted by Gasteiger charge is -2.22. The Balaban J connectivity index is 0.00000225. The summed E-state index contributed by atoms with van der Waals surface area (Å²) in [5, 5.41) is 9.91. The Hall–Kier alpha value is -1.09. The van der Waals surface area contributed by atoms with Crippen molar-refractivity contribution in [2.75, 3.05) is 26.2 Å². The number of halogens is 1. The zero-order chi connectivity index (χ0) is 16.9. The van der Waals surface area contributed by atoms with Gasteiger partial charge < -0.3 is 10.2 Å². The number of hydrogen-bond acceptors (Lipinski definition) is 3. The molecule has 7 heteroatoms. The minimum Gasteiger partial charge on any atom is -0.357 e. The van der Waals surface area contributed by atoms with Crippen LogP contribution in [0.4, 0.5) is 0 Å². The fourth-order valence-electron chi connectivity index (χ4n) is 3.19. The summed E-state index contributed by atoms with van der Waals surface area (Å²) < 4.78 is 1.89. The molecule has 5 nitrogen and oxygen atoms in total. The second-order valence-corrected chi connectivity index (χ2v) is 7.47. The van der Waals surface area contributed by atoms with Crippen LogP contribution in [0.5, 0.6) is 0 Å². The molecule has 1 aliphatic heterocycles. The Kier molecular flexibility index (Phi) is 7.74. The molecular weight excluding hydrogens is 445 g/mol. The number of guanidine groups is 1. The van der Waals surface area contributed by atoms with E-state index in [1.165, 1.54) is 10.4 Å². The molecule has 0 aliphatic carbocycles. The lowest BCUT2D eigenvalue weighted by Crippen LogP contribution is -2.40. The number of nitrogens with zero attached hydrogens (tertiary/aromatic N) is 4. The third-order valence-electron chi connectivity index (χ3n) is 4.56. The van der Waals surface area contributed by atoms with Crippen LogP contribution in [-0.4, -0.2) is 46.8 Å². The van der Waals surface area contributed by atoms with Gasteiger partial charge in [-0.15, -0.1) is 35.3 Å². The molecule has 1 N–H and O–H groups in total. The van der Waals surface area contributed by atoms with E-state index in [-0.39, 0.29) is 24.0 Å². The Labute approximate surface area is 171 Å². The highest BCUT2D eigenvalue weighted by molar-refractivity contribution is 14.0. The molecule has 0 bridgehead atoms. The van der Waals surface area contributed by atoms with Gasteiger partial charge in [0.05, 0.1) is 12.7 Å². The lowest BCUT2D eigenvalue weighted by molar-refractivity contribution is 0.485. The molecule has 2 aromatic heterocycles. The number of thiophene rings is 1. The third-order valence-corrected chi connectivity index (χ3v) is 5.67. The van der Waals surface area contributed by atoms with Gasteiger partial charge in [-0.25, -0.2) is 0 Å². The van der Waals surface area contributed by atoms with Crippen molar-refractivity contribution in [2.24, 2.45) is 12.0 Å². The summed E-state index contributed by atoms with van der Waals surface area (Å²) in [4.78, 5) is 8.70. The number of aromatic nitrogens is 2. The first-order chi connectivity index (χ1) is 11.7. The summed E-state index contributed by atoms with van der Waals surface area (Å²) in [6, 6.07) is 4.32. The van der Waals surface area contributed by atoms with Crippen LogP contribution in [0.2, 0.25) is 0 Å². The van der Waals surface area contributed by atoms with Gasteiger partial charge in [0.15, 0.2) is 5.96 Å². The van der Waals surface area contributed by atoms with Crippen LogP contribution in [0, 0.1) is 0 Å². The van der Waals surface area contributed by atoms with E-state index in [1.54, 1.807) is 0 Å². The van der Waals surface area contributed by atoms with Crippen molar-refractivity contribution in [2.45, 2.75) is 32.1 Å². The Morgan fingerprint density at radius 1 is 1.52 bits per heavy atom. The average Bonchev–Trinajstić information content (AvgIpc) is 3.30. The number of hydrogen-bond donors (Lipinski definition) is 1. The summed E-state index contributed by atoms with van der Waals surface area (Å²) in [6.45, 7) is 8.19. The molecule has 1 saturated heterocycles. The van der Waals surface area contributed by atoms with Gasteiger partial charge in [-0.3, -0.25) is 9.67 Å². The SMILES string of the molecule is CCNC(=NCC(C)c1cccs1)N1CCC(c2cnn(C)c2)C1.I. The van der Waals surface area contributed by atoms with E-state index in [9.17, 15) is 0 Å². The van der Waals surface area contributed by atoms with Gasteiger partial charge >= 0.3 is 0 Å². The van der Waals surface area contributed by atoms with E-state index in [0.29, 0.717) is 11.8 Å². The second-order valence-electron chi connectivity index (χ2n) is 6.49. The quantitative estimate of drug-likeness (QED) is 0.410. The van der Waals surface area contributed by atoms with Gasteiger partial charge in [-0.2, -0.15) is 5.10 Å². The minimum absolute atomic E-state index is 0. The number of rotatable bonds is 5. The van der Waals surface area contributed by atoms with Crippen LogP contribution in [0.3, 0.4) is 0 Å². The van der Waals surface area contributed by atoms with E-state index in [4.69, 9.17) is 4.99 Å². The van der Waals surface area contributed by atoms with Crippen molar-refractivity contribution in [3.8, 4) is 0 Å². The number of nitrogens with one attached hydrogen (secondary N) is 1. The molecule has 2 unspecified atom stereocenters. The molecule has 0 spiro atoms. The standard InChI is InChI=1S/C18H27N5S.HI/c1-4-19-18(20-10-14(2)17-6-5-9-24-17)23-8-7-15(13-23)16-11-21-22(3)12-16;/h5-6,9,11-12,14-15H,4,7-8,10,13H2,1-3H3,(H,19,20);1H. The highest BCUT2D eigenvalue weighted by atomic mass is 127. The highest BCUT2D eigenvalue weighted by Crippen LogP contribution is 2.27. The lowest BCUT2D eigenvalue weighted by atomic mass is 10.0. The maximum Gasteiger partial charge on any atom is 0.193 e. The van der Waals surface area contributed by atoms with E-state index < -0.39 is 0 Å². The smallest absolute Gasteiger partial charge is 0.193 e. The molecule has 0 radical (unpaired) electrons. The number of likely N-dealkylation sites (tertiary alicyclic amines) is 1. The van der Waals surface area contributed by atoms with Gasteiger partial charge in [-0.05, 0) is 30.4 Å². The van der Waals surface area contributed by atoms with Crippen molar-refractivity contribution in [3.05, 3.63) is 40.3 Å². The predicted molar refractivity (Wildman–Crippen MR) is 116 cm³/mol. The van der Waals surface area contributed by atoms with Crippen LogP contribution in [0.25, 0.3) is 0 Å². The van der Waals surface area contributed by atoms with Crippen LogP contribution in [0.15, 0.2) is 34.9 Å². The zero-order valence-corrected chi connectivity index (χ0v) is 18.3. The van der Waals surface area contributed by atoms with E-state index >= 15 is 0 Å². The first-order valence-electron chi connectivity index (χ1n) is 8.72. The average molecular weight is 473 g/mol. The van der Waals surface area contributed by atoms with Gasteiger partial charge in [0, 0.05) is 49.6 Å². The van der Waals surface area contributed by atoms with E-state index in [0.717, 1.165) is 38.6 Å². The van der Waals surface area contributed by atoms with Gasteiger partial charge in [-0.1, -0.05) is 13.0 Å². The Morgan fingerprint density at radius 2 is 2.36 bits per heavy atom. The fraction of sp³-hybridized carbons (Fsp3) is 0.556. The number of aryl methyl sites for hydroxylation is 1. The summed E-state index contributed by atoms with van der Waals surface area (Å²) >= 11 is 1.82. The van der Waals surface area contributed by atoms with Gasteiger partial charge in [0.1, 0.15) is 0 Å². The molecule has 3 heterocycles. The second kappa shape index (κ2) is 9.56. The number of aliphatic imine (C=N–C) groups is 1. The molecule has 0 aromatic carbocycles. The fourth-order valence-corrected chi connectivity index (χ4v) is 3.96. The van der Waals surface area contributed by atoms with Crippen molar-refractivity contribution in [1.82, 2.24) is 20.0 Å². The molecule has 1 aliphatic rings. The van der Waals surface area contributed by atoms with Crippen LogP contribution in [0.1, 0.15) is 42.5 Å². The van der Waals surface area contributed by atoms with Crippen molar-refractivity contribution in [1.29, 1.82) is 0 Å². The summed E-state index contributed by atoms with van der Waals surface area (Å²) in [5.41, 5.74) is 1.34. The summed E-state index contributed by atoms with van der Waals surface area (Å²) in [5.74, 6) is 2.07. The maximum atomic E-state index is 4.90. The monoisotopic (exact) mass is 473 g/mol. The van der Waals surface area contributed by atoms with Crippen molar-refractivity contribution >= 4 is 41.3 Å². The van der Waals surface area contributed by atoms with Crippen LogP contribution in [-0.2, 0) is 7.05 Å². The first-order valence-corrected chi connectivity index (χ1v) is 9.60. The van der Waals surface area contributed by atoms with Crippen LogP contribution < -0.4 is 5.32 Å². The van der Waals surface area contributed by atoms with Crippen molar-refractivity contribution in [3.63, 3.8) is 0 Å². The topological polar surface area (TPSA) is 45.5 Å². The van der Waals surface area contributed by atoms with E-state index in [2.05, 4.69) is 52.9 Å². The molecule has 2 aromatic rings. The molecule has 0 saturated carbocycles. The molecule has 2 atom stereocenters. The third kappa shape index (κ3) is 5.20. The minimum atomic E-state index is 0. The molecule has 3 rings (SSSR count). The van der Waals surface area contributed by atoms with Crippen molar-refractivity contribution < 1.29 is 0 Å². The molecule has 138 valence electrons. The Morgan fingerprint density at radius 3 is 3.00 bits per heavy atom. The molecule has 0 amide bonds. The molecular formula is C18H28IN5S. The maximum absolute atomic E-state index is 4.90. The first kappa shape index (κ1) is 20.2. The van der Waals surface area contributed by atoms with Crippen LogP contribution >= 0.6 is 35.3 Å². The van der Waals surface area contributed by atoms with E-state index in [1.807, 2.05) is 29.3 Å². The van der Waals surface area contributed by atoms with Gasteiger partial charge in [0.2, 0.25) is 0 Å². The largest absolute Gasteiger partial charge is 0.357 e. The Bertz CT molecular complexity index is 667. The molecule has 25 heavy (non-hydrogen) atoms. The summed E-state index contributed by atoms with van der Waals surface area (Å²) in [6.07, 6.45) is 5.30.